The number of para-hydroxylation sites is 2. The molecule has 0 saturated heterocycles. The Balaban J connectivity index is 1.52. The Kier molecular flexibility index (Phi) is 4.78. The molecule has 0 radical (unpaired) electrons. The largest absolute Gasteiger partial charge is 0.354 e. The molecule has 0 spiro atoms. The number of fused-ring (bicyclic) bond motifs is 1. The van der Waals surface area contributed by atoms with Crippen LogP contribution in [0, 0.1) is 6.92 Å². The number of rotatable bonds is 6. The lowest BCUT2D eigenvalue weighted by Crippen LogP contribution is -2.35. The minimum Gasteiger partial charge on any atom is -0.354 e. The SMILES string of the molecule is Cc1nc2ccccc2n1CCCNC(=O)Cn1ccc(=O)[nH]c1=O. The molecule has 3 rings (SSSR count). The van der Waals surface area contributed by atoms with Crippen molar-refractivity contribution in [1.82, 2.24) is 24.4 Å². The Morgan fingerprint density at radius 2 is 2.04 bits per heavy atom. The number of amides is 1. The van der Waals surface area contributed by atoms with E-state index < -0.39 is 11.2 Å². The summed E-state index contributed by atoms with van der Waals surface area (Å²) in [7, 11) is 0. The topological polar surface area (TPSA) is 102 Å². The van der Waals surface area contributed by atoms with E-state index >= 15 is 0 Å². The molecule has 0 atom stereocenters. The van der Waals surface area contributed by atoms with Crippen molar-refractivity contribution in [1.29, 1.82) is 0 Å². The predicted molar refractivity (Wildman–Crippen MR) is 93.4 cm³/mol. The van der Waals surface area contributed by atoms with Crippen molar-refractivity contribution in [2.45, 2.75) is 26.4 Å². The van der Waals surface area contributed by atoms with E-state index in [-0.39, 0.29) is 12.5 Å². The van der Waals surface area contributed by atoms with Gasteiger partial charge in [0.1, 0.15) is 12.4 Å². The van der Waals surface area contributed by atoms with E-state index in [1.807, 2.05) is 31.2 Å². The zero-order chi connectivity index (χ0) is 17.8. The van der Waals surface area contributed by atoms with E-state index in [0.29, 0.717) is 6.54 Å². The Labute approximate surface area is 143 Å². The Morgan fingerprint density at radius 3 is 2.84 bits per heavy atom. The zero-order valence-corrected chi connectivity index (χ0v) is 13.9. The standard InChI is InChI=1S/C17H19N5O3/c1-12-19-13-5-2-3-6-14(13)22(12)9-4-8-18-16(24)11-21-10-7-15(23)20-17(21)25/h2-3,5-7,10H,4,8-9,11H2,1H3,(H,18,24)(H,20,23,25). The van der Waals surface area contributed by atoms with Crippen LogP contribution in [0.25, 0.3) is 11.0 Å². The first-order chi connectivity index (χ1) is 12.0. The molecule has 2 N–H and O–H groups in total. The number of aromatic amines is 1. The van der Waals surface area contributed by atoms with Crippen molar-refractivity contribution in [3.05, 3.63) is 63.2 Å². The molecule has 2 heterocycles. The summed E-state index contributed by atoms with van der Waals surface area (Å²) < 4.78 is 3.28. The van der Waals surface area contributed by atoms with Crippen LogP contribution >= 0.6 is 0 Å². The van der Waals surface area contributed by atoms with Crippen LogP contribution in [0.3, 0.4) is 0 Å². The summed E-state index contributed by atoms with van der Waals surface area (Å²) >= 11 is 0. The van der Waals surface area contributed by atoms with E-state index in [1.165, 1.54) is 12.3 Å². The summed E-state index contributed by atoms with van der Waals surface area (Å²) in [5.41, 5.74) is 0.959. The van der Waals surface area contributed by atoms with Gasteiger partial charge >= 0.3 is 5.69 Å². The van der Waals surface area contributed by atoms with Crippen LogP contribution in [0.2, 0.25) is 0 Å². The molecule has 8 nitrogen and oxygen atoms in total. The van der Waals surface area contributed by atoms with Gasteiger partial charge in [0.25, 0.3) is 5.56 Å². The summed E-state index contributed by atoms with van der Waals surface area (Å²) in [5.74, 6) is 0.661. The normalized spacial score (nSPS) is 10.9. The smallest absolute Gasteiger partial charge is 0.328 e. The van der Waals surface area contributed by atoms with E-state index in [2.05, 4.69) is 19.9 Å². The van der Waals surface area contributed by atoms with Gasteiger partial charge in [-0.2, -0.15) is 0 Å². The molecule has 130 valence electrons. The highest BCUT2D eigenvalue weighted by atomic mass is 16.2. The summed E-state index contributed by atoms with van der Waals surface area (Å²) in [5, 5.41) is 2.78. The minimum absolute atomic E-state index is 0.122. The lowest BCUT2D eigenvalue weighted by atomic mass is 10.3. The number of carbonyl (C=O) groups excluding carboxylic acids is 1. The number of hydrogen-bond donors (Lipinski definition) is 2. The second-order valence-corrected chi connectivity index (χ2v) is 5.74. The van der Waals surface area contributed by atoms with Crippen LogP contribution in [-0.2, 0) is 17.9 Å². The van der Waals surface area contributed by atoms with Crippen LogP contribution < -0.4 is 16.6 Å². The molecule has 3 aromatic rings. The van der Waals surface area contributed by atoms with Gasteiger partial charge in [-0.25, -0.2) is 9.78 Å². The highest BCUT2D eigenvalue weighted by molar-refractivity contribution is 5.76. The lowest BCUT2D eigenvalue weighted by molar-refractivity contribution is -0.121. The Hall–Kier alpha value is -3.16. The number of aromatic nitrogens is 4. The number of benzene rings is 1. The summed E-state index contributed by atoms with van der Waals surface area (Å²) in [4.78, 5) is 41.1. The fourth-order valence-corrected chi connectivity index (χ4v) is 2.72. The second kappa shape index (κ2) is 7.16. The molecule has 0 fully saturated rings. The van der Waals surface area contributed by atoms with Crippen LogP contribution in [0.5, 0.6) is 0 Å². The van der Waals surface area contributed by atoms with Gasteiger partial charge in [-0.3, -0.25) is 19.1 Å². The first-order valence-electron chi connectivity index (χ1n) is 8.03. The first kappa shape index (κ1) is 16.7. The summed E-state index contributed by atoms with van der Waals surface area (Å²) in [6.07, 6.45) is 2.05. The maximum atomic E-state index is 11.9. The minimum atomic E-state index is -0.594. The Morgan fingerprint density at radius 1 is 1.24 bits per heavy atom. The van der Waals surface area contributed by atoms with E-state index in [0.717, 1.165) is 34.4 Å². The van der Waals surface area contributed by atoms with Crippen molar-refractivity contribution in [2.24, 2.45) is 0 Å². The molecule has 1 amide bonds. The van der Waals surface area contributed by atoms with Crippen LogP contribution in [0.1, 0.15) is 12.2 Å². The van der Waals surface area contributed by atoms with Crippen LogP contribution in [-0.4, -0.2) is 31.6 Å². The maximum Gasteiger partial charge on any atom is 0.328 e. The monoisotopic (exact) mass is 341 g/mol. The van der Waals surface area contributed by atoms with Crippen molar-refractivity contribution in [3.63, 3.8) is 0 Å². The van der Waals surface area contributed by atoms with E-state index in [9.17, 15) is 14.4 Å². The third-order valence-corrected chi connectivity index (χ3v) is 3.94. The fourth-order valence-electron chi connectivity index (χ4n) is 2.72. The number of imidazole rings is 1. The molecule has 1 aromatic carbocycles. The number of hydrogen-bond acceptors (Lipinski definition) is 4. The highest BCUT2D eigenvalue weighted by Gasteiger charge is 2.07. The molecule has 0 saturated carbocycles. The molecule has 0 bridgehead atoms. The average Bonchev–Trinajstić information content (AvgIpc) is 2.90. The molecular formula is C17H19N5O3. The Bertz CT molecular complexity index is 1010. The fraction of sp³-hybridized carbons (Fsp3) is 0.294. The molecule has 0 unspecified atom stereocenters. The van der Waals surface area contributed by atoms with Crippen molar-refractivity contribution < 1.29 is 4.79 Å². The van der Waals surface area contributed by atoms with Crippen molar-refractivity contribution >= 4 is 16.9 Å². The van der Waals surface area contributed by atoms with Crippen LogP contribution in [0.4, 0.5) is 0 Å². The van der Waals surface area contributed by atoms with Gasteiger partial charge < -0.3 is 9.88 Å². The number of aryl methyl sites for hydroxylation is 2. The molecule has 0 aliphatic rings. The van der Waals surface area contributed by atoms with Gasteiger partial charge in [0.2, 0.25) is 5.91 Å². The van der Waals surface area contributed by atoms with Gasteiger partial charge in [-0.1, -0.05) is 12.1 Å². The molecule has 0 aliphatic carbocycles. The number of H-pyrrole nitrogens is 1. The van der Waals surface area contributed by atoms with Gasteiger partial charge in [-0.05, 0) is 25.5 Å². The van der Waals surface area contributed by atoms with Crippen molar-refractivity contribution in [3.8, 4) is 0 Å². The molecule has 2 aromatic heterocycles. The molecular weight excluding hydrogens is 322 g/mol. The summed E-state index contributed by atoms with van der Waals surface area (Å²) in [6.45, 7) is 3.07. The number of nitrogens with one attached hydrogen (secondary N) is 2. The highest BCUT2D eigenvalue weighted by Crippen LogP contribution is 2.15. The van der Waals surface area contributed by atoms with Gasteiger partial charge in [0.15, 0.2) is 0 Å². The molecule has 25 heavy (non-hydrogen) atoms. The zero-order valence-electron chi connectivity index (χ0n) is 13.9. The first-order valence-corrected chi connectivity index (χ1v) is 8.03. The maximum absolute atomic E-state index is 11.9. The molecule has 8 heteroatoms. The van der Waals surface area contributed by atoms with Gasteiger partial charge in [-0.15, -0.1) is 0 Å². The van der Waals surface area contributed by atoms with E-state index in [4.69, 9.17) is 0 Å². The van der Waals surface area contributed by atoms with E-state index in [1.54, 1.807) is 0 Å². The van der Waals surface area contributed by atoms with Gasteiger partial charge in [0, 0.05) is 25.4 Å². The third kappa shape index (κ3) is 3.85. The second-order valence-electron chi connectivity index (χ2n) is 5.74. The average molecular weight is 341 g/mol. The van der Waals surface area contributed by atoms with Crippen molar-refractivity contribution in [2.75, 3.05) is 6.54 Å². The molecule has 0 aliphatic heterocycles. The number of carbonyl (C=O) groups is 1. The summed E-state index contributed by atoms with van der Waals surface area (Å²) in [6, 6.07) is 9.14. The quantitative estimate of drug-likeness (QED) is 0.634. The third-order valence-electron chi connectivity index (χ3n) is 3.94. The lowest BCUT2D eigenvalue weighted by Gasteiger charge is -2.09. The van der Waals surface area contributed by atoms with Crippen LogP contribution in [0.15, 0.2) is 46.1 Å². The van der Waals surface area contributed by atoms with Gasteiger partial charge in [0.05, 0.1) is 11.0 Å². The predicted octanol–water partition coefficient (Wildman–Crippen LogP) is 0.401. The number of nitrogens with zero attached hydrogens (tertiary/aromatic N) is 3.